The monoisotopic (exact) mass is 310 g/mol. The van der Waals surface area contributed by atoms with Crippen LogP contribution in [0.1, 0.15) is 12.7 Å². The normalized spacial score (nSPS) is 12.9. The SMILES string of the molecule is Cc1nc(-c2cccc(NS(=O)(=O)C(C)C(=O)O)c2)n[nH]1. The van der Waals surface area contributed by atoms with Crippen molar-refractivity contribution in [3.05, 3.63) is 30.1 Å². The molecule has 1 heterocycles. The van der Waals surface area contributed by atoms with Gasteiger partial charge in [-0.05, 0) is 26.0 Å². The molecule has 0 aliphatic carbocycles. The lowest BCUT2D eigenvalue weighted by molar-refractivity contribution is -0.136. The molecule has 0 amide bonds. The zero-order valence-corrected chi connectivity index (χ0v) is 12.2. The molecule has 1 aromatic carbocycles. The van der Waals surface area contributed by atoms with E-state index in [-0.39, 0.29) is 5.69 Å². The zero-order valence-electron chi connectivity index (χ0n) is 11.4. The van der Waals surface area contributed by atoms with Crippen molar-refractivity contribution in [2.24, 2.45) is 0 Å². The first-order chi connectivity index (χ1) is 9.79. The molecule has 9 heteroatoms. The van der Waals surface area contributed by atoms with Crippen molar-refractivity contribution in [2.45, 2.75) is 19.1 Å². The number of aryl methyl sites for hydroxylation is 1. The molecular formula is C12H14N4O4S. The Labute approximate surface area is 121 Å². The van der Waals surface area contributed by atoms with Crippen LogP contribution in [-0.2, 0) is 14.8 Å². The molecule has 0 radical (unpaired) electrons. The highest BCUT2D eigenvalue weighted by molar-refractivity contribution is 7.94. The predicted molar refractivity (Wildman–Crippen MR) is 76.2 cm³/mol. The van der Waals surface area contributed by atoms with E-state index >= 15 is 0 Å². The number of aromatic nitrogens is 3. The lowest BCUT2D eigenvalue weighted by atomic mass is 10.2. The number of nitrogens with zero attached hydrogens (tertiary/aromatic N) is 2. The van der Waals surface area contributed by atoms with Crippen molar-refractivity contribution in [1.29, 1.82) is 0 Å². The van der Waals surface area contributed by atoms with Crippen molar-refractivity contribution >= 4 is 21.7 Å². The van der Waals surface area contributed by atoms with E-state index in [1.54, 1.807) is 19.1 Å². The number of benzene rings is 1. The number of rotatable bonds is 5. The Bertz CT molecular complexity index is 769. The minimum atomic E-state index is -4.00. The van der Waals surface area contributed by atoms with Crippen LogP contribution in [0.2, 0.25) is 0 Å². The van der Waals surface area contributed by atoms with Crippen LogP contribution >= 0.6 is 0 Å². The summed E-state index contributed by atoms with van der Waals surface area (Å²) in [6, 6.07) is 6.41. The van der Waals surface area contributed by atoms with Gasteiger partial charge in [0.25, 0.3) is 0 Å². The van der Waals surface area contributed by atoms with Crippen LogP contribution < -0.4 is 4.72 Å². The molecule has 1 aromatic heterocycles. The summed E-state index contributed by atoms with van der Waals surface area (Å²) in [4.78, 5) is 14.9. The Morgan fingerprint density at radius 3 is 2.71 bits per heavy atom. The third-order valence-electron chi connectivity index (χ3n) is 2.79. The van der Waals surface area contributed by atoms with Crippen molar-refractivity contribution in [3.63, 3.8) is 0 Å². The Morgan fingerprint density at radius 2 is 2.14 bits per heavy atom. The van der Waals surface area contributed by atoms with E-state index in [1.165, 1.54) is 12.1 Å². The summed E-state index contributed by atoms with van der Waals surface area (Å²) >= 11 is 0. The summed E-state index contributed by atoms with van der Waals surface area (Å²) in [5, 5.41) is 13.9. The molecular weight excluding hydrogens is 296 g/mol. The molecule has 0 saturated carbocycles. The van der Waals surface area contributed by atoms with Gasteiger partial charge in [-0.25, -0.2) is 13.4 Å². The number of aliphatic carboxylic acids is 1. The summed E-state index contributed by atoms with van der Waals surface area (Å²) in [6.45, 7) is 2.85. The van der Waals surface area contributed by atoms with Crippen LogP contribution in [-0.4, -0.2) is 39.9 Å². The quantitative estimate of drug-likeness (QED) is 0.756. The third-order valence-corrected chi connectivity index (χ3v) is 4.44. The standard InChI is InChI=1S/C12H14N4O4S/c1-7(12(17)18)21(19,20)16-10-5-3-4-9(6-10)11-13-8(2)14-15-11/h3-7,16H,1-2H3,(H,17,18)(H,13,14,15). The van der Waals surface area contributed by atoms with Gasteiger partial charge in [-0.2, -0.15) is 5.10 Å². The summed E-state index contributed by atoms with van der Waals surface area (Å²) in [6.07, 6.45) is 0. The molecule has 21 heavy (non-hydrogen) atoms. The number of hydrogen-bond acceptors (Lipinski definition) is 5. The topological polar surface area (TPSA) is 125 Å². The van der Waals surface area contributed by atoms with E-state index in [9.17, 15) is 13.2 Å². The number of anilines is 1. The van der Waals surface area contributed by atoms with Crippen molar-refractivity contribution in [1.82, 2.24) is 15.2 Å². The van der Waals surface area contributed by atoms with Crippen LogP contribution in [0.4, 0.5) is 5.69 Å². The number of carboxylic acid groups (broad SMARTS) is 1. The van der Waals surface area contributed by atoms with Gasteiger partial charge in [0.1, 0.15) is 5.82 Å². The molecule has 8 nitrogen and oxygen atoms in total. The van der Waals surface area contributed by atoms with Crippen LogP contribution in [0.3, 0.4) is 0 Å². The minimum Gasteiger partial charge on any atom is -0.480 e. The molecule has 0 spiro atoms. The van der Waals surface area contributed by atoms with Crippen molar-refractivity contribution in [2.75, 3.05) is 4.72 Å². The van der Waals surface area contributed by atoms with E-state index in [2.05, 4.69) is 19.9 Å². The number of carbonyl (C=O) groups is 1. The first-order valence-corrected chi connectivity index (χ1v) is 7.58. The van der Waals surface area contributed by atoms with E-state index in [0.717, 1.165) is 6.92 Å². The fourth-order valence-electron chi connectivity index (χ4n) is 1.58. The highest BCUT2D eigenvalue weighted by atomic mass is 32.2. The number of aromatic amines is 1. The lowest BCUT2D eigenvalue weighted by Crippen LogP contribution is -2.32. The van der Waals surface area contributed by atoms with Gasteiger partial charge < -0.3 is 5.11 Å². The van der Waals surface area contributed by atoms with Crippen molar-refractivity contribution in [3.8, 4) is 11.4 Å². The maximum atomic E-state index is 11.9. The lowest BCUT2D eigenvalue weighted by Gasteiger charge is -2.11. The molecule has 0 saturated heterocycles. The predicted octanol–water partition coefficient (Wildman–Crippen LogP) is 0.995. The maximum Gasteiger partial charge on any atom is 0.323 e. The number of sulfonamides is 1. The average Bonchev–Trinajstić information content (AvgIpc) is 2.84. The van der Waals surface area contributed by atoms with E-state index < -0.39 is 21.2 Å². The first-order valence-electron chi connectivity index (χ1n) is 6.03. The van der Waals surface area contributed by atoms with E-state index in [4.69, 9.17) is 5.11 Å². The molecule has 2 aromatic rings. The summed E-state index contributed by atoms with van der Waals surface area (Å²) in [5.74, 6) is -0.349. The van der Waals surface area contributed by atoms with E-state index in [1.807, 2.05) is 0 Å². The maximum absolute atomic E-state index is 11.9. The van der Waals surface area contributed by atoms with Crippen LogP contribution in [0.15, 0.2) is 24.3 Å². The Hall–Kier alpha value is -2.42. The smallest absolute Gasteiger partial charge is 0.323 e. The van der Waals surface area contributed by atoms with Gasteiger partial charge in [-0.15, -0.1) is 0 Å². The van der Waals surface area contributed by atoms with Gasteiger partial charge in [0.05, 0.1) is 0 Å². The van der Waals surface area contributed by atoms with Crippen LogP contribution in [0, 0.1) is 6.92 Å². The highest BCUT2D eigenvalue weighted by Gasteiger charge is 2.27. The number of hydrogen-bond donors (Lipinski definition) is 3. The fourth-order valence-corrected chi connectivity index (χ4v) is 2.48. The van der Waals surface area contributed by atoms with E-state index in [0.29, 0.717) is 17.2 Å². The molecule has 3 N–H and O–H groups in total. The molecule has 1 unspecified atom stereocenters. The molecule has 1 atom stereocenters. The third kappa shape index (κ3) is 3.37. The number of H-pyrrole nitrogens is 1. The summed E-state index contributed by atoms with van der Waals surface area (Å²) in [5.41, 5.74) is 0.866. The molecule has 0 bridgehead atoms. The number of nitrogens with one attached hydrogen (secondary N) is 2. The molecule has 0 fully saturated rings. The minimum absolute atomic E-state index is 0.253. The summed E-state index contributed by atoms with van der Waals surface area (Å²) < 4.78 is 26.0. The molecule has 0 aliphatic rings. The number of carboxylic acids is 1. The highest BCUT2D eigenvalue weighted by Crippen LogP contribution is 2.20. The summed E-state index contributed by atoms with van der Waals surface area (Å²) in [7, 11) is -4.00. The van der Waals surface area contributed by atoms with Gasteiger partial charge in [0.15, 0.2) is 11.1 Å². The van der Waals surface area contributed by atoms with Crippen LogP contribution in [0.5, 0.6) is 0 Å². The first kappa shape index (κ1) is 15.0. The fraction of sp³-hybridized carbons (Fsp3) is 0.250. The van der Waals surface area contributed by atoms with Gasteiger partial charge in [0, 0.05) is 11.3 Å². The second-order valence-corrected chi connectivity index (χ2v) is 6.45. The van der Waals surface area contributed by atoms with Gasteiger partial charge in [-0.1, -0.05) is 12.1 Å². The zero-order chi connectivity index (χ0) is 15.6. The second kappa shape index (κ2) is 5.52. The van der Waals surface area contributed by atoms with Crippen molar-refractivity contribution < 1.29 is 18.3 Å². The Kier molecular flexibility index (Phi) is 3.94. The largest absolute Gasteiger partial charge is 0.480 e. The average molecular weight is 310 g/mol. The molecule has 0 aliphatic heterocycles. The van der Waals surface area contributed by atoms with Crippen LogP contribution in [0.25, 0.3) is 11.4 Å². The van der Waals surface area contributed by atoms with Gasteiger partial charge in [0.2, 0.25) is 10.0 Å². The molecule has 2 rings (SSSR count). The Balaban J connectivity index is 2.28. The Morgan fingerprint density at radius 1 is 1.43 bits per heavy atom. The molecule has 112 valence electrons. The van der Waals surface area contributed by atoms with Gasteiger partial charge in [-0.3, -0.25) is 14.6 Å². The van der Waals surface area contributed by atoms with Gasteiger partial charge >= 0.3 is 5.97 Å². The second-order valence-electron chi connectivity index (χ2n) is 4.45.